The molecule has 9 rings (SSSR count). The second-order valence-corrected chi connectivity index (χ2v) is 17.6. The number of fused-ring (bicyclic) bond motifs is 4. The molecule has 2 aromatic heterocycles. The molecule has 55 heavy (non-hydrogen) atoms. The first-order valence-corrected chi connectivity index (χ1v) is 19.6. The Balaban J connectivity index is 1.21. The normalized spacial score (nSPS) is 15.9. The van der Waals surface area contributed by atoms with Crippen molar-refractivity contribution >= 4 is 0 Å². The Hall–Kier alpha value is -5.74. The van der Waals surface area contributed by atoms with Crippen molar-refractivity contribution in [2.75, 3.05) is 0 Å². The minimum Gasteiger partial charge on any atom is -0.253 e. The summed E-state index contributed by atoms with van der Waals surface area (Å²) >= 11 is 0. The molecule has 0 bridgehead atoms. The Bertz CT molecular complexity index is 2620. The molecule has 0 atom stereocenters. The Morgan fingerprint density at radius 1 is 0.400 bits per heavy atom. The molecule has 0 radical (unpaired) electrons. The zero-order valence-electron chi connectivity index (χ0n) is 33.3. The SMILES string of the molecule is Cc1cc(C)nc(-c2ccc(-c3nc(-c4ccc5c(c4)C(C)(C)c4ccccc4-5)nc(-c4ccccc4-c4ccc5c(c4)C(C)(C)CCC5(C)C)n3)cc2)c1. The third-order valence-electron chi connectivity index (χ3n) is 12.3. The molecule has 0 saturated heterocycles. The number of nitrogens with zero attached hydrogens (tertiary/aromatic N) is 4. The molecule has 272 valence electrons. The average molecular weight is 717 g/mol. The number of pyridine rings is 1. The van der Waals surface area contributed by atoms with E-state index in [1.54, 1.807) is 0 Å². The Kier molecular flexibility index (Phi) is 8.06. The van der Waals surface area contributed by atoms with E-state index in [1.165, 1.54) is 57.3 Å². The van der Waals surface area contributed by atoms with Crippen molar-refractivity contribution in [1.82, 2.24) is 19.9 Å². The summed E-state index contributed by atoms with van der Waals surface area (Å²) in [6.45, 7) is 18.3. The van der Waals surface area contributed by atoms with Gasteiger partial charge in [-0.25, -0.2) is 15.0 Å². The molecule has 4 nitrogen and oxygen atoms in total. The monoisotopic (exact) mass is 716 g/mol. The summed E-state index contributed by atoms with van der Waals surface area (Å²) in [4.78, 5) is 20.6. The molecule has 7 aromatic rings. The molecule has 5 aromatic carbocycles. The number of hydrogen-bond acceptors (Lipinski definition) is 4. The van der Waals surface area contributed by atoms with E-state index < -0.39 is 0 Å². The van der Waals surface area contributed by atoms with Crippen LogP contribution in [0.3, 0.4) is 0 Å². The van der Waals surface area contributed by atoms with Gasteiger partial charge in [-0.1, -0.05) is 145 Å². The lowest BCUT2D eigenvalue weighted by atomic mass is 9.63. The molecule has 0 aliphatic heterocycles. The number of aromatic nitrogens is 4. The standard InChI is InChI=1S/C51H48N4/c1-31-27-32(2)52-45(28-31)33-17-19-34(20-18-33)46-53-47(36-21-23-39-38-14-11-12-16-41(38)51(7,8)43(39)30-36)55-48(54-46)40-15-10-9-13-37(40)35-22-24-42-44(29-35)50(5,6)26-25-49(42,3)4/h9-24,27-30H,25-26H2,1-8H3. The summed E-state index contributed by atoms with van der Waals surface area (Å²) in [5.41, 5.74) is 17.7. The smallest absolute Gasteiger partial charge is 0.164 e. The highest BCUT2D eigenvalue weighted by atomic mass is 15.0. The van der Waals surface area contributed by atoms with Crippen molar-refractivity contribution in [3.63, 3.8) is 0 Å². The van der Waals surface area contributed by atoms with E-state index in [4.69, 9.17) is 19.9 Å². The van der Waals surface area contributed by atoms with Gasteiger partial charge in [0.05, 0.1) is 5.69 Å². The van der Waals surface area contributed by atoms with Crippen molar-refractivity contribution in [1.29, 1.82) is 0 Å². The zero-order valence-corrected chi connectivity index (χ0v) is 33.3. The van der Waals surface area contributed by atoms with Crippen molar-refractivity contribution in [2.24, 2.45) is 0 Å². The van der Waals surface area contributed by atoms with Crippen LogP contribution in [-0.4, -0.2) is 19.9 Å². The number of hydrogen-bond donors (Lipinski definition) is 0. The summed E-state index contributed by atoms with van der Waals surface area (Å²) in [5.74, 6) is 1.97. The number of rotatable bonds is 5. The van der Waals surface area contributed by atoms with Gasteiger partial charge in [-0.2, -0.15) is 0 Å². The number of benzene rings is 5. The van der Waals surface area contributed by atoms with E-state index in [1.807, 2.05) is 6.92 Å². The summed E-state index contributed by atoms with van der Waals surface area (Å²) in [6.07, 6.45) is 2.35. The first kappa shape index (κ1) is 35.0. The van der Waals surface area contributed by atoms with Gasteiger partial charge >= 0.3 is 0 Å². The fraction of sp³-hybridized carbons (Fsp3) is 0.255. The molecule has 0 fully saturated rings. The van der Waals surface area contributed by atoms with Gasteiger partial charge < -0.3 is 0 Å². The van der Waals surface area contributed by atoms with Crippen molar-refractivity contribution in [3.8, 4) is 67.7 Å². The highest BCUT2D eigenvalue weighted by Gasteiger charge is 2.38. The predicted octanol–water partition coefficient (Wildman–Crippen LogP) is 12.9. The summed E-state index contributed by atoms with van der Waals surface area (Å²) in [7, 11) is 0. The third-order valence-corrected chi connectivity index (χ3v) is 12.3. The van der Waals surface area contributed by atoms with Crippen LogP contribution >= 0.6 is 0 Å². The van der Waals surface area contributed by atoms with E-state index in [0.29, 0.717) is 17.5 Å². The van der Waals surface area contributed by atoms with Crippen LogP contribution in [-0.2, 0) is 16.2 Å². The van der Waals surface area contributed by atoms with E-state index >= 15 is 0 Å². The molecule has 2 aliphatic rings. The molecule has 0 saturated carbocycles. The average Bonchev–Trinajstić information content (AvgIpc) is 3.41. The highest BCUT2D eigenvalue weighted by molar-refractivity contribution is 5.85. The van der Waals surface area contributed by atoms with Crippen LogP contribution in [0.5, 0.6) is 0 Å². The topological polar surface area (TPSA) is 51.6 Å². The Morgan fingerprint density at radius 3 is 1.67 bits per heavy atom. The fourth-order valence-electron chi connectivity index (χ4n) is 9.06. The largest absolute Gasteiger partial charge is 0.253 e. The van der Waals surface area contributed by atoms with Crippen LogP contribution in [0.4, 0.5) is 0 Å². The van der Waals surface area contributed by atoms with Gasteiger partial charge in [0.15, 0.2) is 17.5 Å². The third kappa shape index (κ3) is 5.99. The van der Waals surface area contributed by atoms with Crippen LogP contribution in [0.1, 0.15) is 87.9 Å². The lowest BCUT2D eigenvalue weighted by Gasteiger charge is -2.42. The molecule has 0 N–H and O–H groups in total. The van der Waals surface area contributed by atoms with Crippen LogP contribution in [0.25, 0.3) is 67.7 Å². The molecule has 0 spiro atoms. The molecule has 0 amide bonds. The van der Waals surface area contributed by atoms with E-state index in [9.17, 15) is 0 Å². The van der Waals surface area contributed by atoms with Crippen LogP contribution in [0, 0.1) is 13.8 Å². The molecule has 2 heterocycles. The minimum absolute atomic E-state index is 0.100. The van der Waals surface area contributed by atoms with Crippen molar-refractivity contribution in [3.05, 3.63) is 155 Å². The van der Waals surface area contributed by atoms with Gasteiger partial charge in [-0.15, -0.1) is 0 Å². The summed E-state index contributed by atoms with van der Waals surface area (Å²) in [6, 6.07) is 43.9. The Morgan fingerprint density at radius 2 is 0.945 bits per heavy atom. The predicted molar refractivity (Wildman–Crippen MR) is 227 cm³/mol. The van der Waals surface area contributed by atoms with Crippen LogP contribution in [0.15, 0.2) is 121 Å². The Labute approximate surface area is 325 Å². The lowest BCUT2D eigenvalue weighted by Crippen LogP contribution is -2.33. The maximum atomic E-state index is 5.30. The van der Waals surface area contributed by atoms with E-state index in [-0.39, 0.29) is 16.2 Å². The molecule has 4 heteroatoms. The second kappa shape index (κ2) is 12.7. The zero-order chi connectivity index (χ0) is 38.3. The molecule has 2 aliphatic carbocycles. The summed E-state index contributed by atoms with van der Waals surface area (Å²) in [5, 5.41) is 0. The van der Waals surface area contributed by atoms with E-state index in [2.05, 4.69) is 170 Å². The maximum Gasteiger partial charge on any atom is 0.164 e. The quantitative estimate of drug-likeness (QED) is 0.178. The van der Waals surface area contributed by atoms with Crippen molar-refractivity contribution in [2.45, 2.75) is 84.5 Å². The first-order chi connectivity index (χ1) is 26.3. The number of aryl methyl sites for hydroxylation is 2. The highest BCUT2D eigenvalue weighted by Crippen LogP contribution is 2.50. The van der Waals surface area contributed by atoms with Gasteiger partial charge in [0, 0.05) is 33.4 Å². The minimum atomic E-state index is -0.139. The molecular formula is C51H48N4. The molecule has 0 unspecified atom stereocenters. The van der Waals surface area contributed by atoms with Gasteiger partial charge in [-0.3, -0.25) is 4.98 Å². The maximum absolute atomic E-state index is 5.30. The molecular weight excluding hydrogens is 669 g/mol. The fourth-order valence-corrected chi connectivity index (χ4v) is 9.06. The van der Waals surface area contributed by atoms with Gasteiger partial charge in [-0.05, 0) is 106 Å². The van der Waals surface area contributed by atoms with Crippen LogP contribution < -0.4 is 0 Å². The first-order valence-electron chi connectivity index (χ1n) is 19.6. The van der Waals surface area contributed by atoms with Crippen molar-refractivity contribution < 1.29 is 0 Å². The van der Waals surface area contributed by atoms with E-state index in [0.717, 1.165) is 39.2 Å². The second-order valence-electron chi connectivity index (χ2n) is 17.6. The van der Waals surface area contributed by atoms with Crippen LogP contribution in [0.2, 0.25) is 0 Å². The van der Waals surface area contributed by atoms with Gasteiger partial charge in [0.25, 0.3) is 0 Å². The summed E-state index contributed by atoms with van der Waals surface area (Å²) < 4.78 is 0. The van der Waals surface area contributed by atoms with Gasteiger partial charge in [0.2, 0.25) is 0 Å². The lowest BCUT2D eigenvalue weighted by molar-refractivity contribution is 0.332. The van der Waals surface area contributed by atoms with Gasteiger partial charge in [0.1, 0.15) is 0 Å².